The predicted octanol–water partition coefficient (Wildman–Crippen LogP) is 2.38. The molecule has 0 aliphatic carbocycles. The maximum Gasteiger partial charge on any atom is 0.268 e. The van der Waals surface area contributed by atoms with Crippen molar-refractivity contribution in [2.75, 3.05) is 0 Å². The van der Waals surface area contributed by atoms with Gasteiger partial charge in [-0.2, -0.15) is 0 Å². The van der Waals surface area contributed by atoms with Gasteiger partial charge in [0.05, 0.1) is 10.0 Å². The first-order valence-electron chi connectivity index (χ1n) is 3.59. The molecule has 0 aliphatic heterocycles. The highest BCUT2D eigenvalue weighted by atomic mass is 79.9. The summed E-state index contributed by atoms with van der Waals surface area (Å²) in [5.74, 6) is -1.07. The van der Waals surface area contributed by atoms with Gasteiger partial charge in [0.15, 0.2) is 0 Å². The van der Waals surface area contributed by atoms with Gasteiger partial charge in [-0.15, -0.1) is 0 Å². The summed E-state index contributed by atoms with van der Waals surface area (Å²) in [4.78, 5) is 0. The third kappa shape index (κ3) is 1.84. The Balaban J connectivity index is 3.45. The first kappa shape index (κ1) is 10.9. The highest BCUT2D eigenvalue weighted by molar-refractivity contribution is 9.10. The van der Waals surface area contributed by atoms with Gasteiger partial charge in [0.25, 0.3) is 6.43 Å². The smallest absolute Gasteiger partial charge is 0.268 e. The number of amidine groups is 1. The number of nitrogen functional groups attached to an aromatic ring is 1. The Morgan fingerprint density at radius 2 is 2.07 bits per heavy atom. The fourth-order valence-corrected chi connectivity index (χ4v) is 1.38. The van der Waals surface area contributed by atoms with E-state index in [9.17, 15) is 13.9 Å². The number of phenols is 1. The van der Waals surface area contributed by atoms with Gasteiger partial charge in [0, 0.05) is 5.56 Å². The summed E-state index contributed by atoms with van der Waals surface area (Å²) >= 11 is 2.90. The molecule has 0 spiro atoms. The van der Waals surface area contributed by atoms with Crippen molar-refractivity contribution in [3.63, 3.8) is 0 Å². The van der Waals surface area contributed by atoms with Crippen molar-refractivity contribution in [2.24, 2.45) is 5.73 Å². The Labute approximate surface area is 87.2 Å². The summed E-state index contributed by atoms with van der Waals surface area (Å²) in [6, 6.07) is 2.62. The van der Waals surface area contributed by atoms with Crippen LogP contribution in [0.25, 0.3) is 0 Å². The molecule has 0 bridgehead atoms. The number of halogens is 3. The molecular weight excluding hydrogens is 258 g/mol. The molecule has 0 aromatic heterocycles. The van der Waals surface area contributed by atoms with E-state index in [4.69, 9.17) is 11.1 Å². The minimum atomic E-state index is -2.87. The minimum absolute atomic E-state index is 0.151. The van der Waals surface area contributed by atoms with Gasteiger partial charge >= 0.3 is 0 Å². The molecule has 1 aromatic carbocycles. The third-order valence-electron chi connectivity index (χ3n) is 1.68. The molecule has 4 N–H and O–H groups in total. The van der Waals surface area contributed by atoms with Crippen LogP contribution in [0.4, 0.5) is 8.78 Å². The number of hydrogen-bond donors (Lipinski definition) is 3. The molecule has 0 unspecified atom stereocenters. The molecular formula is C8H7BrF2N2O. The van der Waals surface area contributed by atoms with Crippen LogP contribution in [0.3, 0.4) is 0 Å². The van der Waals surface area contributed by atoms with Gasteiger partial charge in [-0.05, 0) is 28.1 Å². The molecule has 14 heavy (non-hydrogen) atoms. The number of aromatic hydroxyl groups is 1. The lowest BCUT2D eigenvalue weighted by Crippen LogP contribution is -2.14. The second kappa shape index (κ2) is 3.91. The molecule has 1 aromatic rings. The van der Waals surface area contributed by atoms with Crippen molar-refractivity contribution in [1.82, 2.24) is 0 Å². The van der Waals surface area contributed by atoms with Crippen LogP contribution in [0.2, 0.25) is 0 Å². The zero-order valence-electron chi connectivity index (χ0n) is 6.89. The molecule has 0 heterocycles. The lowest BCUT2D eigenvalue weighted by atomic mass is 10.1. The normalized spacial score (nSPS) is 10.6. The van der Waals surface area contributed by atoms with Gasteiger partial charge in [0.2, 0.25) is 0 Å². The number of benzene rings is 1. The average molecular weight is 265 g/mol. The molecule has 6 heteroatoms. The first-order chi connectivity index (χ1) is 6.45. The van der Waals surface area contributed by atoms with E-state index in [0.29, 0.717) is 0 Å². The Hall–Kier alpha value is -1.17. The number of nitrogens with two attached hydrogens (primary N) is 1. The molecule has 0 aliphatic rings. The van der Waals surface area contributed by atoms with Crippen LogP contribution in [0.1, 0.15) is 17.6 Å². The van der Waals surface area contributed by atoms with Crippen LogP contribution in [0.15, 0.2) is 16.6 Å². The highest BCUT2D eigenvalue weighted by Crippen LogP contribution is 2.36. The van der Waals surface area contributed by atoms with Gasteiger partial charge in [0.1, 0.15) is 11.6 Å². The topological polar surface area (TPSA) is 70.1 Å². The van der Waals surface area contributed by atoms with E-state index >= 15 is 0 Å². The lowest BCUT2D eigenvalue weighted by Gasteiger charge is -2.10. The molecule has 0 fully saturated rings. The SMILES string of the molecule is N=C(N)c1ccc(Br)c(O)c1C(F)F. The van der Waals surface area contributed by atoms with Crippen LogP contribution >= 0.6 is 15.9 Å². The second-order valence-corrected chi connectivity index (χ2v) is 3.43. The summed E-state index contributed by atoms with van der Waals surface area (Å²) in [5.41, 5.74) is 4.32. The van der Waals surface area contributed by atoms with Gasteiger partial charge < -0.3 is 10.8 Å². The molecule has 76 valence electrons. The monoisotopic (exact) mass is 264 g/mol. The zero-order chi connectivity index (χ0) is 10.9. The molecule has 0 saturated carbocycles. The summed E-state index contributed by atoms with van der Waals surface area (Å²) < 4.78 is 25.1. The van der Waals surface area contributed by atoms with Crippen LogP contribution in [-0.4, -0.2) is 10.9 Å². The van der Waals surface area contributed by atoms with Crippen molar-refractivity contribution in [2.45, 2.75) is 6.43 Å². The predicted molar refractivity (Wildman–Crippen MR) is 51.8 cm³/mol. The summed E-state index contributed by atoms with van der Waals surface area (Å²) in [6.45, 7) is 0. The lowest BCUT2D eigenvalue weighted by molar-refractivity contribution is 0.147. The maximum absolute atomic E-state index is 12.5. The quantitative estimate of drug-likeness (QED) is 0.567. The van der Waals surface area contributed by atoms with Gasteiger partial charge in [-0.1, -0.05) is 0 Å². The highest BCUT2D eigenvalue weighted by Gasteiger charge is 2.21. The van der Waals surface area contributed by atoms with Gasteiger partial charge in [-0.25, -0.2) is 8.78 Å². The van der Waals surface area contributed by atoms with Gasteiger partial charge in [-0.3, -0.25) is 5.41 Å². The Morgan fingerprint density at radius 1 is 1.50 bits per heavy atom. The number of phenolic OH excluding ortho intramolecular Hbond substituents is 1. The second-order valence-electron chi connectivity index (χ2n) is 2.57. The summed E-state index contributed by atoms with van der Waals surface area (Å²) in [6.07, 6.45) is -2.87. The Morgan fingerprint density at radius 3 is 2.50 bits per heavy atom. The zero-order valence-corrected chi connectivity index (χ0v) is 8.48. The number of nitrogens with one attached hydrogen (secondary N) is 1. The van der Waals surface area contributed by atoms with Crippen molar-refractivity contribution < 1.29 is 13.9 Å². The fourth-order valence-electron chi connectivity index (χ4n) is 1.04. The van der Waals surface area contributed by atoms with E-state index in [1.807, 2.05) is 0 Å². The van der Waals surface area contributed by atoms with E-state index in [2.05, 4.69) is 15.9 Å². The van der Waals surface area contributed by atoms with Crippen molar-refractivity contribution >= 4 is 21.8 Å². The molecule has 1 rings (SSSR count). The third-order valence-corrected chi connectivity index (χ3v) is 2.32. The van der Waals surface area contributed by atoms with Crippen LogP contribution in [0.5, 0.6) is 5.75 Å². The number of alkyl halides is 2. The van der Waals surface area contributed by atoms with Crippen LogP contribution < -0.4 is 5.73 Å². The standard InChI is InChI=1S/C8H7BrF2N2O/c9-4-2-1-3(8(12)13)5(6(4)14)7(10)11/h1-2,7,14H,(H3,12,13). The average Bonchev–Trinajstić information content (AvgIpc) is 2.08. The van der Waals surface area contributed by atoms with Crippen molar-refractivity contribution in [3.05, 3.63) is 27.7 Å². The molecule has 0 amide bonds. The van der Waals surface area contributed by atoms with E-state index in [0.717, 1.165) is 0 Å². The van der Waals surface area contributed by atoms with E-state index in [-0.39, 0.29) is 10.0 Å². The Bertz CT molecular complexity index is 382. The van der Waals surface area contributed by atoms with Crippen LogP contribution in [0, 0.1) is 5.41 Å². The summed E-state index contributed by atoms with van der Waals surface area (Å²) in [5, 5.41) is 16.4. The largest absolute Gasteiger partial charge is 0.506 e. The van der Waals surface area contributed by atoms with E-state index in [1.165, 1.54) is 12.1 Å². The summed E-state index contributed by atoms with van der Waals surface area (Å²) in [7, 11) is 0. The molecule has 3 nitrogen and oxygen atoms in total. The van der Waals surface area contributed by atoms with E-state index < -0.39 is 23.6 Å². The van der Waals surface area contributed by atoms with Crippen molar-refractivity contribution in [1.29, 1.82) is 5.41 Å². The fraction of sp³-hybridized carbons (Fsp3) is 0.125. The molecule has 0 atom stereocenters. The Kier molecular flexibility index (Phi) is 3.05. The number of hydrogen-bond acceptors (Lipinski definition) is 2. The molecule has 0 radical (unpaired) electrons. The number of rotatable bonds is 2. The van der Waals surface area contributed by atoms with Crippen molar-refractivity contribution in [3.8, 4) is 5.75 Å². The molecule has 0 saturated heterocycles. The minimum Gasteiger partial charge on any atom is -0.506 e. The first-order valence-corrected chi connectivity index (χ1v) is 4.38. The maximum atomic E-state index is 12.5. The van der Waals surface area contributed by atoms with Crippen LogP contribution in [-0.2, 0) is 0 Å². The van der Waals surface area contributed by atoms with E-state index in [1.54, 1.807) is 0 Å².